The molecule has 2 aliphatic heterocycles. The Morgan fingerprint density at radius 1 is 0.938 bits per heavy atom. The van der Waals surface area contributed by atoms with Gasteiger partial charge in [-0.15, -0.1) is 0 Å². The Morgan fingerprint density at radius 2 is 1.66 bits per heavy atom. The predicted octanol–water partition coefficient (Wildman–Crippen LogP) is 3.55. The van der Waals surface area contributed by atoms with Crippen LogP contribution in [-0.2, 0) is 0 Å². The van der Waals surface area contributed by atoms with Crippen molar-refractivity contribution in [3.05, 3.63) is 76.9 Å². The number of imide groups is 1. The maximum absolute atomic E-state index is 13.0. The van der Waals surface area contributed by atoms with Crippen LogP contribution in [0.3, 0.4) is 0 Å². The number of nitrogens with zero attached hydrogens (tertiary/aromatic N) is 3. The van der Waals surface area contributed by atoms with Gasteiger partial charge in [-0.3, -0.25) is 24.2 Å². The number of carbonyl (C=O) groups excluding carboxylic acids is 3. The maximum atomic E-state index is 13.0. The molecule has 0 atom stereocenters. The summed E-state index contributed by atoms with van der Waals surface area (Å²) in [6, 6.07) is 15.1. The molecular formula is C26H29N3O3. The predicted molar refractivity (Wildman–Crippen MR) is 125 cm³/mol. The first-order valence-corrected chi connectivity index (χ1v) is 11.3. The average molecular weight is 432 g/mol. The second-order valence-electron chi connectivity index (χ2n) is 8.28. The highest BCUT2D eigenvalue weighted by Crippen LogP contribution is 2.25. The Bertz CT molecular complexity index is 1020. The lowest BCUT2D eigenvalue weighted by Crippen LogP contribution is -2.48. The van der Waals surface area contributed by atoms with Crippen LogP contribution in [0.5, 0.6) is 0 Å². The molecule has 32 heavy (non-hydrogen) atoms. The molecule has 1 saturated heterocycles. The summed E-state index contributed by atoms with van der Waals surface area (Å²) in [7, 11) is 0. The molecule has 2 aliphatic rings. The Morgan fingerprint density at radius 3 is 2.38 bits per heavy atom. The van der Waals surface area contributed by atoms with Gasteiger partial charge in [-0.1, -0.05) is 55.8 Å². The summed E-state index contributed by atoms with van der Waals surface area (Å²) in [5, 5.41) is 0. The monoisotopic (exact) mass is 431 g/mol. The number of benzene rings is 2. The Kier molecular flexibility index (Phi) is 6.81. The van der Waals surface area contributed by atoms with Gasteiger partial charge in [-0.25, -0.2) is 0 Å². The summed E-state index contributed by atoms with van der Waals surface area (Å²) < 4.78 is 0. The van der Waals surface area contributed by atoms with Crippen LogP contribution in [-0.4, -0.2) is 71.7 Å². The molecule has 166 valence electrons. The van der Waals surface area contributed by atoms with E-state index in [0.717, 1.165) is 32.5 Å². The van der Waals surface area contributed by atoms with Gasteiger partial charge in [0.15, 0.2) is 0 Å². The molecule has 0 saturated carbocycles. The molecule has 2 aromatic rings. The zero-order valence-electron chi connectivity index (χ0n) is 18.5. The quantitative estimate of drug-likeness (QED) is 0.629. The van der Waals surface area contributed by atoms with Crippen LogP contribution in [0.15, 0.2) is 54.6 Å². The van der Waals surface area contributed by atoms with E-state index in [1.165, 1.54) is 10.5 Å². The normalized spacial score (nSPS) is 16.8. The molecule has 0 spiro atoms. The number of hydrogen-bond acceptors (Lipinski definition) is 4. The van der Waals surface area contributed by atoms with Crippen LogP contribution in [0.1, 0.15) is 56.4 Å². The van der Waals surface area contributed by atoms with Crippen molar-refractivity contribution in [2.45, 2.75) is 19.8 Å². The van der Waals surface area contributed by atoms with Crippen LogP contribution in [0.2, 0.25) is 0 Å². The second kappa shape index (κ2) is 9.92. The maximum Gasteiger partial charge on any atom is 0.261 e. The number of hydrogen-bond donors (Lipinski definition) is 0. The number of piperazine rings is 1. The number of unbranched alkanes of at least 4 members (excludes halogenated alkanes) is 1. The van der Waals surface area contributed by atoms with Gasteiger partial charge in [-0.05, 0) is 30.2 Å². The molecule has 0 unspecified atom stereocenters. The minimum Gasteiger partial charge on any atom is -0.336 e. The van der Waals surface area contributed by atoms with E-state index in [4.69, 9.17) is 0 Å². The summed E-state index contributed by atoms with van der Waals surface area (Å²) in [6.07, 6.45) is 5.96. The largest absolute Gasteiger partial charge is 0.336 e. The van der Waals surface area contributed by atoms with E-state index in [-0.39, 0.29) is 17.7 Å². The molecule has 0 aliphatic carbocycles. The van der Waals surface area contributed by atoms with Gasteiger partial charge in [0.05, 0.1) is 11.1 Å². The molecule has 3 amide bonds. The van der Waals surface area contributed by atoms with Crippen LogP contribution in [0.25, 0.3) is 6.08 Å². The highest BCUT2D eigenvalue weighted by molar-refractivity contribution is 6.22. The van der Waals surface area contributed by atoms with Crippen molar-refractivity contribution in [2.24, 2.45) is 0 Å². The Labute approximate surface area is 189 Å². The van der Waals surface area contributed by atoms with Crippen LogP contribution in [0, 0.1) is 0 Å². The highest BCUT2D eigenvalue weighted by Gasteiger charge is 2.36. The van der Waals surface area contributed by atoms with E-state index in [1.807, 2.05) is 30.0 Å². The molecule has 0 radical (unpaired) electrons. The van der Waals surface area contributed by atoms with Crippen molar-refractivity contribution in [3.8, 4) is 0 Å². The second-order valence-corrected chi connectivity index (χ2v) is 8.28. The van der Waals surface area contributed by atoms with E-state index in [2.05, 4.69) is 29.2 Å². The van der Waals surface area contributed by atoms with Crippen LogP contribution in [0.4, 0.5) is 0 Å². The van der Waals surface area contributed by atoms with Crippen molar-refractivity contribution >= 4 is 23.8 Å². The summed E-state index contributed by atoms with van der Waals surface area (Å²) in [5.74, 6) is -0.628. The first kappa shape index (κ1) is 22.0. The third-order valence-corrected chi connectivity index (χ3v) is 6.09. The van der Waals surface area contributed by atoms with Gasteiger partial charge < -0.3 is 4.90 Å². The van der Waals surface area contributed by atoms with Gasteiger partial charge in [0.1, 0.15) is 0 Å². The molecular weight excluding hydrogens is 402 g/mol. The zero-order chi connectivity index (χ0) is 22.5. The fourth-order valence-corrected chi connectivity index (χ4v) is 4.16. The SMILES string of the molecule is CCCCN1C(=O)c2ccc(C(=O)N3CCN(CC=Cc4ccccc4)CC3)cc2C1=O. The minimum atomic E-state index is -0.289. The molecule has 6 nitrogen and oxygen atoms in total. The third-order valence-electron chi connectivity index (χ3n) is 6.09. The smallest absolute Gasteiger partial charge is 0.261 e. The number of rotatable bonds is 7. The molecule has 0 bridgehead atoms. The number of amides is 3. The summed E-state index contributed by atoms with van der Waals surface area (Å²) in [6.45, 7) is 6.19. The van der Waals surface area contributed by atoms with Crippen molar-refractivity contribution in [3.63, 3.8) is 0 Å². The lowest BCUT2D eigenvalue weighted by atomic mass is 10.0. The zero-order valence-corrected chi connectivity index (χ0v) is 18.5. The third kappa shape index (κ3) is 4.65. The molecule has 0 aromatic heterocycles. The first-order valence-electron chi connectivity index (χ1n) is 11.3. The Hall–Kier alpha value is -3.25. The molecule has 2 aromatic carbocycles. The van der Waals surface area contributed by atoms with E-state index >= 15 is 0 Å². The molecule has 6 heteroatoms. The molecule has 1 fully saturated rings. The van der Waals surface area contributed by atoms with E-state index in [9.17, 15) is 14.4 Å². The minimum absolute atomic E-state index is 0.0838. The fraction of sp³-hybridized carbons (Fsp3) is 0.346. The first-order chi connectivity index (χ1) is 15.6. The van der Waals surface area contributed by atoms with Crippen molar-refractivity contribution < 1.29 is 14.4 Å². The summed E-state index contributed by atoms with van der Waals surface area (Å²) in [5.41, 5.74) is 2.40. The van der Waals surface area contributed by atoms with E-state index < -0.39 is 0 Å². The van der Waals surface area contributed by atoms with Gasteiger partial charge in [0.25, 0.3) is 17.7 Å². The molecule has 4 rings (SSSR count). The summed E-state index contributed by atoms with van der Waals surface area (Å²) >= 11 is 0. The summed E-state index contributed by atoms with van der Waals surface area (Å²) in [4.78, 5) is 43.7. The standard InChI is InChI=1S/C26H29N3O3/c1-2-3-14-29-25(31)22-12-11-21(19-23(22)26(29)32)24(30)28-17-15-27(16-18-28)13-7-10-20-8-5-4-6-9-20/h4-12,19H,2-3,13-18H2,1H3. The number of carbonyl (C=O) groups is 3. The fourth-order valence-electron chi connectivity index (χ4n) is 4.16. The average Bonchev–Trinajstić information content (AvgIpc) is 3.07. The van der Waals surface area contributed by atoms with Gasteiger partial charge in [0.2, 0.25) is 0 Å². The molecule has 2 heterocycles. The van der Waals surface area contributed by atoms with Gasteiger partial charge in [0, 0.05) is 44.8 Å². The van der Waals surface area contributed by atoms with Crippen molar-refractivity contribution in [1.82, 2.24) is 14.7 Å². The van der Waals surface area contributed by atoms with Crippen LogP contribution < -0.4 is 0 Å². The topological polar surface area (TPSA) is 60.9 Å². The van der Waals surface area contributed by atoms with Crippen molar-refractivity contribution in [1.29, 1.82) is 0 Å². The highest BCUT2D eigenvalue weighted by atomic mass is 16.2. The van der Waals surface area contributed by atoms with Gasteiger partial charge >= 0.3 is 0 Å². The van der Waals surface area contributed by atoms with E-state index in [0.29, 0.717) is 36.3 Å². The Balaban J connectivity index is 1.34. The van der Waals surface area contributed by atoms with Crippen molar-refractivity contribution in [2.75, 3.05) is 39.3 Å². The number of fused-ring (bicyclic) bond motifs is 1. The lowest BCUT2D eigenvalue weighted by molar-refractivity contribution is 0.0644. The van der Waals surface area contributed by atoms with Gasteiger partial charge in [-0.2, -0.15) is 0 Å². The van der Waals surface area contributed by atoms with Crippen LogP contribution >= 0.6 is 0 Å². The molecule has 0 N–H and O–H groups in total. The van der Waals surface area contributed by atoms with E-state index in [1.54, 1.807) is 18.2 Å². The lowest BCUT2D eigenvalue weighted by Gasteiger charge is -2.34.